The van der Waals surface area contributed by atoms with Gasteiger partial charge < -0.3 is 9.84 Å². The Bertz CT molecular complexity index is 581. The molecule has 0 fully saturated rings. The first kappa shape index (κ1) is 12.6. The molecular weight excluding hydrogens is 298 g/mol. The van der Waals surface area contributed by atoms with Crippen molar-refractivity contribution < 1.29 is 14.6 Å². The van der Waals surface area contributed by atoms with Crippen molar-refractivity contribution in [3.63, 3.8) is 0 Å². The number of nitrogens with zero attached hydrogens (tertiary/aromatic N) is 1. The first-order valence-corrected chi connectivity index (χ1v) is 5.94. The minimum atomic E-state index is -0.982. The lowest BCUT2D eigenvalue weighted by molar-refractivity contribution is 0.0696. The molecule has 5 heteroatoms. The number of hydrogen-bond acceptors (Lipinski definition) is 3. The second-order valence-electron chi connectivity index (χ2n) is 3.59. The van der Waals surface area contributed by atoms with Crippen LogP contribution in [0.2, 0.25) is 0 Å². The fourth-order valence-corrected chi connectivity index (χ4v) is 2.06. The zero-order valence-corrected chi connectivity index (χ0v) is 11.1. The number of carboxylic acid groups (broad SMARTS) is 1. The fourth-order valence-electron chi connectivity index (χ4n) is 1.52. The molecule has 0 atom stereocenters. The van der Waals surface area contributed by atoms with Crippen molar-refractivity contribution in [2.75, 3.05) is 7.11 Å². The summed E-state index contributed by atoms with van der Waals surface area (Å²) in [6, 6.07) is 8.78. The van der Waals surface area contributed by atoms with Gasteiger partial charge in [-0.1, -0.05) is 0 Å². The highest BCUT2D eigenvalue weighted by Gasteiger charge is 2.06. The number of carboxylic acids is 1. The summed E-state index contributed by atoms with van der Waals surface area (Å²) in [5.41, 5.74) is 1.77. The molecular formula is C13H10BrNO3. The zero-order chi connectivity index (χ0) is 13.1. The maximum Gasteiger partial charge on any atom is 0.337 e. The van der Waals surface area contributed by atoms with Crippen LogP contribution in [0, 0.1) is 0 Å². The Morgan fingerprint density at radius 3 is 2.61 bits per heavy atom. The van der Waals surface area contributed by atoms with Crippen LogP contribution in [0.4, 0.5) is 0 Å². The van der Waals surface area contributed by atoms with E-state index in [4.69, 9.17) is 9.84 Å². The minimum Gasteiger partial charge on any atom is -0.496 e. The van der Waals surface area contributed by atoms with Gasteiger partial charge in [0.2, 0.25) is 0 Å². The number of aromatic nitrogens is 1. The molecule has 2 aromatic rings. The van der Waals surface area contributed by atoms with Crippen molar-refractivity contribution in [2.24, 2.45) is 0 Å². The van der Waals surface area contributed by atoms with Crippen molar-refractivity contribution in [2.45, 2.75) is 0 Å². The Kier molecular flexibility index (Phi) is 3.62. The monoisotopic (exact) mass is 307 g/mol. The number of halogens is 1. The van der Waals surface area contributed by atoms with E-state index in [2.05, 4.69) is 20.9 Å². The number of ether oxygens (including phenoxy) is 1. The van der Waals surface area contributed by atoms with Crippen LogP contribution in [0.15, 0.2) is 41.0 Å². The minimum absolute atomic E-state index is 0.173. The quantitative estimate of drug-likeness (QED) is 0.946. The van der Waals surface area contributed by atoms with Crippen LogP contribution in [0.5, 0.6) is 5.75 Å². The van der Waals surface area contributed by atoms with Gasteiger partial charge in [0.1, 0.15) is 5.75 Å². The highest BCUT2D eigenvalue weighted by molar-refractivity contribution is 9.10. The van der Waals surface area contributed by atoms with Crippen LogP contribution >= 0.6 is 15.9 Å². The lowest BCUT2D eigenvalue weighted by Gasteiger charge is -2.06. The number of rotatable bonds is 3. The van der Waals surface area contributed by atoms with Gasteiger partial charge in [-0.3, -0.25) is 4.98 Å². The molecule has 18 heavy (non-hydrogen) atoms. The molecule has 0 saturated heterocycles. The number of hydrogen-bond donors (Lipinski definition) is 1. The Hall–Kier alpha value is -1.88. The molecule has 4 nitrogen and oxygen atoms in total. The predicted octanol–water partition coefficient (Wildman–Crippen LogP) is 3.22. The molecule has 0 saturated carbocycles. The average Bonchev–Trinajstić information content (AvgIpc) is 2.38. The summed E-state index contributed by atoms with van der Waals surface area (Å²) in [6.45, 7) is 0. The summed E-state index contributed by atoms with van der Waals surface area (Å²) in [5, 5.41) is 8.79. The largest absolute Gasteiger partial charge is 0.496 e. The van der Waals surface area contributed by atoms with E-state index in [1.165, 1.54) is 12.3 Å². The molecule has 1 aromatic carbocycles. The van der Waals surface area contributed by atoms with E-state index < -0.39 is 5.97 Å². The van der Waals surface area contributed by atoms with Crippen molar-refractivity contribution in [1.29, 1.82) is 0 Å². The number of aromatic carboxylic acids is 1. The Labute approximate surface area is 112 Å². The van der Waals surface area contributed by atoms with Crippen molar-refractivity contribution in [1.82, 2.24) is 4.98 Å². The standard InChI is InChI=1S/C13H10BrNO3/c1-18-12-5-3-8(6-10(12)14)11-4-2-9(7-15-11)13(16)17/h2-7H,1H3,(H,16,17). The zero-order valence-electron chi connectivity index (χ0n) is 9.55. The molecule has 0 radical (unpaired) electrons. The Morgan fingerprint density at radius 1 is 1.33 bits per heavy atom. The number of benzene rings is 1. The van der Waals surface area contributed by atoms with E-state index in [0.717, 1.165) is 15.8 Å². The van der Waals surface area contributed by atoms with Gasteiger partial charge in [0.15, 0.2) is 0 Å². The first-order chi connectivity index (χ1) is 8.61. The van der Waals surface area contributed by atoms with Gasteiger partial charge in [-0.05, 0) is 46.3 Å². The van der Waals surface area contributed by atoms with Crippen LogP contribution in [0.3, 0.4) is 0 Å². The predicted molar refractivity (Wildman–Crippen MR) is 70.9 cm³/mol. The molecule has 0 unspecified atom stereocenters. The molecule has 1 N–H and O–H groups in total. The lowest BCUT2D eigenvalue weighted by Crippen LogP contribution is -1.97. The van der Waals surface area contributed by atoms with Gasteiger partial charge in [0.25, 0.3) is 0 Å². The summed E-state index contributed by atoms with van der Waals surface area (Å²) < 4.78 is 5.97. The Balaban J connectivity index is 2.36. The van der Waals surface area contributed by atoms with Crippen molar-refractivity contribution >= 4 is 21.9 Å². The molecule has 1 heterocycles. The third-order valence-corrected chi connectivity index (χ3v) is 3.08. The van der Waals surface area contributed by atoms with Gasteiger partial charge in [0, 0.05) is 11.8 Å². The fraction of sp³-hybridized carbons (Fsp3) is 0.0769. The van der Waals surface area contributed by atoms with Crippen LogP contribution in [-0.4, -0.2) is 23.2 Å². The molecule has 92 valence electrons. The van der Waals surface area contributed by atoms with E-state index in [1.54, 1.807) is 13.2 Å². The molecule has 0 spiro atoms. The molecule has 0 amide bonds. The van der Waals surface area contributed by atoms with Crippen LogP contribution in [0.1, 0.15) is 10.4 Å². The van der Waals surface area contributed by atoms with Gasteiger partial charge in [-0.15, -0.1) is 0 Å². The second-order valence-corrected chi connectivity index (χ2v) is 4.44. The topological polar surface area (TPSA) is 59.4 Å². The number of carbonyl (C=O) groups is 1. The smallest absolute Gasteiger partial charge is 0.337 e. The van der Waals surface area contributed by atoms with Crippen molar-refractivity contribution in [3.05, 3.63) is 46.6 Å². The van der Waals surface area contributed by atoms with Gasteiger partial charge >= 0.3 is 5.97 Å². The van der Waals surface area contributed by atoms with E-state index in [1.807, 2.05) is 18.2 Å². The molecule has 0 aliphatic heterocycles. The van der Waals surface area contributed by atoms with E-state index >= 15 is 0 Å². The van der Waals surface area contributed by atoms with E-state index in [9.17, 15) is 4.79 Å². The maximum absolute atomic E-state index is 10.7. The number of pyridine rings is 1. The summed E-state index contributed by atoms with van der Waals surface area (Å²) >= 11 is 3.40. The van der Waals surface area contributed by atoms with E-state index in [0.29, 0.717) is 5.69 Å². The number of methoxy groups -OCH3 is 1. The highest BCUT2D eigenvalue weighted by Crippen LogP contribution is 2.29. The summed E-state index contributed by atoms with van der Waals surface area (Å²) in [4.78, 5) is 14.8. The van der Waals surface area contributed by atoms with Crippen molar-refractivity contribution in [3.8, 4) is 17.0 Å². The average molecular weight is 308 g/mol. The SMILES string of the molecule is COc1ccc(-c2ccc(C(=O)O)cn2)cc1Br. The molecule has 1 aromatic heterocycles. The summed E-state index contributed by atoms with van der Waals surface area (Å²) in [7, 11) is 1.60. The molecule has 0 aliphatic carbocycles. The molecule has 0 bridgehead atoms. The third-order valence-electron chi connectivity index (χ3n) is 2.46. The highest BCUT2D eigenvalue weighted by atomic mass is 79.9. The van der Waals surface area contributed by atoms with Gasteiger partial charge in [-0.25, -0.2) is 4.79 Å². The first-order valence-electron chi connectivity index (χ1n) is 5.15. The van der Waals surface area contributed by atoms with Crippen LogP contribution in [0.25, 0.3) is 11.3 Å². The molecule has 2 rings (SSSR count). The van der Waals surface area contributed by atoms with Gasteiger partial charge in [-0.2, -0.15) is 0 Å². The van der Waals surface area contributed by atoms with Crippen LogP contribution in [-0.2, 0) is 0 Å². The summed E-state index contributed by atoms with van der Waals surface area (Å²) in [5.74, 6) is -0.245. The second kappa shape index (κ2) is 5.18. The third kappa shape index (κ3) is 2.51. The van der Waals surface area contributed by atoms with E-state index in [-0.39, 0.29) is 5.56 Å². The maximum atomic E-state index is 10.7. The van der Waals surface area contributed by atoms with Crippen LogP contribution < -0.4 is 4.74 Å². The lowest BCUT2D eigenvalue weighted by atomic mass is 10.1. The Morgan fingerprint density at radius 2 is 2.11 bits per heavy atom. The summed E-state index contributed by atoms with van der Waals surface area (Å²) in [6.07, 6.45) is 1.34. The van der Waals surface area contributed by atoms with Gasteiger partial charge in [0.05, 0.1) is 22.8 Å². The normalized spacial score (nSPS) is 10.1. The molecule has 0 aliphatic rings.